The van der Waals surface area contributed by atoms with E-state index in [-0.39, 0.29) is 0 Å². The molecule has 0 N–H and O–H groups in total. The first-order valence-electron chi connectivity index (χ1n) is 6.55. The number of carbonyl (C=O) groups excluding carboxylic acids is 1. The first kappa shape index (κ1) is 14.7. The minimum atomic E-state index is -2.97. The number of carbonyl (C=O) groups is 1. The first-order chi connectivity index (χ1) is 8.61. The van der Waals surface area contributed by atoms with Crippen LogP contribution < -0.4 is 0 Å². The summed E-state index contributed by atoms with van der Waals surface area (Å²) >= 11 is 0. The number of morpholine rings is 1. The van der Waals surface area contributed by atoms with Crippen LogP contribution in [0, 0.1) is 0 Å². The molecular formula is C13H21F2NO3. The van der Waals surface area contributed by atoms with Crippen molar-refractivity contribution in [1.29, 1.82) is 0 Å². The summed E-state index contributed by atoms with van der Waals surface area (Å²) in [5.41, 5.74) is -1.06. The molecule has 2 aliphatic rings. The predicted molar refractivity (Wildman–Crippen MR) is 65.1 cm³/mol. The van der Waals surface area contributed by atoms with E-state index in [1.54, 1.807) is 0 Å². The molecule has 1 amide bonds. The van der Waals surface area contributed by atoms with Crippen molar-refractivity contribution in [3.63, 3.8) is 0 Å². The summed E-state index contributed by atoms with van der Waals surface area (Å²) < 4.78 is 37.3. The molecule has 0 bridgehead atoms. The second-order valence-corrected chi connectivity index (χ2v) is 6.34. The van der Waals surface area contributed by atoms with Crippen molar-refractivity contribution >= 4 is 5.91 Å². The summed E-state index contributed by atoms with van der Waals surface area (Å²) in [6, 6.07) is 0. The van der Waals surface area contributed by atoms with Crippen LogP contribution in [0.4, 0.5) is 8.78 Å². The molecule has 2 saturated heterocycles. The van der Waals surface area contributed by atoms with Gasteiger partial charge in [-0.05, 0) is 20.8 Å². The Hall–Kier alpha value is -0.750. The highest BCUT2D eigenvalue weighted by Gasteiger charge is 2.48. The van der Waals surface area contributed by atoms with E-state index in [1.165, 1.54) is 4.90 Å². The van der Waals surface area contributed by atoms with E-state index in [9.17, 15) is 13.6 Å². The Labute approximate surface area is 112 Å². The van der Waals surface area contributed by atoms with Crippen LogP contribution in [0.15, 0.2) is 0 Å². The van der Waals surface area contributed by atoms with Crippen molar-refractivity contribution in [3.8, 4) is 0 Å². The molecular weight excluding hydrogens is 256 g/mol. The summed E-state index contributed by atoms with van der Waals surface area (Å²) in [5.74, 6) is -3.49. The minimum Gasteiger partial charge on any atom is -0.378 e. The normalized spacial score (nSPS) is 30.9. The molecule has 1 unspecified atom stereocenters. The molecule has 0 aliphatic carbocycles. The van der Waals surface area contributed by atoms with Crippen LogP contribution >= 0.6 is 0 Å². The SMILES string of the molecule is CC(F)(F)CC(=O)N1CC(C)(C)OC2(CCOC2)C1. The van der Waals surface area contributed by atoms with Crippen LogP contribution in [0.2, 0.25) is 0 Å². The van der Waals surface area contributed by atoms with Crippen molar-refractivity contribution in [1.82, 2.24) is 4.90 Å². The molecule has 0 aromatic carbocycles. The van der Waals surface area contributed by atoms with E-state index in [2.05, 4.69) is 0 Å². The maximum absolute atomic E-state index is 13.0. The van der Waals surface area contributed by atoms with Crippen molar-refractivity contribution in [2.24, 2.45) is 0 Å². The highest BCUT2D eigenvalue weighted by atomic mass is 19.3. The second-order valence-electron chi connectivity index (χ2n) is 6.34. The lowest BCUT2D eigenvalue weighted by Gasteiger charge is -2.48. The highest BCUT2D eigenvalue weighted by Crippen LogP contribution is 2.35. The Kier molecular flexibility index (Phi) is 3.60. The van der Waals surface area contributed by atoms with Gasteiger partial charge in [-0.3, -0.25) is 4.79 Å². The van der Waals surface area contributed by atoms with Crippen LogP contribution in [-0.4, -0.2) is 54.2 Å². The van der Waals surface area contributed by atoms with Crippen molar-refractivity contribution < 1.29 is 23.0 Å². The van der Waals surface area contributed by atoms with Crippen LogP contribution in [0.25, 0.3) is 0 Å². The number of nitrogens with zero attached hydrogens (tertiary/aromatic N) is 1. The van der Waals surface area contributed by atoms with Gasteiger partial charge in [-0.2, -0.15) is 0 Å². The Morgan fingerprint density at radius 3 is 2.58 bits per heavy atom. The van der Waals surface area contributed by atoms with Gasteiger partial charge >= 0.3 is 0 Å². The van der Waals surface area contributed by atoms with E-state index >= 15 is 0 Å². The summed E-state index contributed by atoms with van der Waals surface area (Å²) in [4.78, 5) is 13.5. The molecule has 1 atom stereocenters. The molecule has 2 rings (SSSR count). The average molecular weight is 277 g/mol. The van der Waals surface area contributed by atoms with Gasteiger partial charge in [0.2, 0.25) is 5.91 Å². The number of halogens is 2. The molecule has 2 fully saturated rings. The largest absolute Gasteiger partial charge is 0.378 e. The molecule has 110 valence electrons. The Bertz CT molecular complexity index is 359. The van der Waals surface area contributed by atoms with Crippen LogP contribution in [0.3, 0.4) is 0 Å². The van der Waals surface area contributed by atoms with E-state index in [0.717, 1.165) is 6.92 Å². The zero-order chi connectivity index (χ0) is 14.3. The van der Waals surface area contributed by atoms with E-state index < -0.39 is 29.5 Å². The number of rotatable bonds is 2. The molecule has 6 heteroatoms. The van der Waals surface area contributed by atoms with Crippen molar-refractivity contribution in [2.45, 2.75) is 50.7 Å². The van der Waals surface area contributed by atoms with Gasteiger partial charge in [-0.15, -0.1) is 0 Å². The third kappa shape index (κ3) is 3.63. The van der Waals surface area contributed by atoms with Gasteiger partial charge in [0.25, 0.3) is 5.92 Å². The van der Waals surface area contributed by atoms with Gasteiger partial charge in [0.1, 0.15) is 5.60 Å². The monoisotopic (exact) mass is 277 g/mol. The van der Waals surface area contributed by atoms with Crippen molar-refractivity contribution in [2.75, 3.05) is 26.3 Å². The molecule has 0 aromatic rings. The minimum absolute atomic E-state index is 0.337. The predicted octanol–water partition coefficient (Wildman–Crippen LogP) is 1.83. The molecule has 1 spiro atoms. The van der Waals surface area contributed by atoms with Gasteiger partial charge in [0, 0.05) is 19.6 Å². The third-order valence-electron chi connectivity index (χ3n) is 3.42. The van der Waals surface area contributed by atoms with Crippen LogP contribution in [-0.2, 0) is 14.3 Å². The fourth-order valence-corrected chi connectivity index (χ4v) is 2.86. The smallest absolute Gasteiger partial charge is 0.254 e. The fourth-order valence-electron chi connectivity index (χ4n) is 2.86. The third-order valence-corrected chi connectivity index (χ3v) is 3.42. The molecule has 0 aromatic heterocycles. The summed E-state index contributed by atoms with van der Waals surface area (Å²) in [6.45, 7) is 6.19. The average Bonchev–Trinajstić information content (AvgIpc) is 2.60. The molecule has 19 heavy (non-hydrogen) atoms. The second kappa shape index (κ2) is 4.66. The van der Waals surface area contributed by atoms with E-state index in [1.807, 2.05) is 13.8 Å². The van der Waals surface area contributed by atoms with Gasteiger partial charge in [-0.25, -0.2) is 8.78 Å². The quantitative estimate of drug-likeness (QED) is 0.773. The summed E-state index contributed by atoms with van der Waals surface area (Å²) in [7, 11) is 0. The van der Waals surface area contributed by atoms with Gasteiger partial charge in [0.15, 0.2) is 0 Å². The van der Waals surface area contributed by atoms with Gasteiger partial charge in [0.05, 0.1) is 25.2 Å². The van der Waals surface area contributed by atoms with Crippen molar-refractivity contribution in [3.05, 3.63) is 0 Å². The van der Waals surface area contributed by atoms with E-state index in [4.69, 9.17) is 9.47 Å². The summed E-state index contributed by atoms with van der Waals surface area (Å²) in [5, 5.41) is 0. The number of ether oxygens (including phenoxy) is 2. The van der Waals surface area contributed by atoms with Gasteiger partial charge < -0.3 is 14.4 Å². The number of alkyl halides is 2. The highest BCUT2D eigenvalue weighted by molar-refractivity contribution is 5.77. The maximum atomic E-state index is 13.0. The van der Waals surface area contributed by atoms with Crippen LogP contribution in [0.5, 0.6) is 0 Å². The lowest BCUT2D eigenvalue weighted by atomic mass is 9.94. The topological polar surface area (TPSA) is 38.8 Å². The lowest BCUT2D eigenvalue weighted by molar-refractivity contribution is -0.201. The van der Waals surface area contributed by atoms with E-state index in [0.29, 0.717) is 32.7 Å². The fraction of sp³-hybridized carbons (Fsp3) is 0.923. The molecule has 2 heterocycles. The standard InChI is InChI=1S/C13H21F2NO3/c1-11(2)7-16(10(17)6-12(3,14)15)8-13(19-11)4-5-18-9-13/h4-9H2,1-3H3. The first-order valence-corrected chi connectivity index (χ1v) is 6.55. The van der Waals surface area contributed by atoms with Crippen LogP contribution in [0.1, 0.15) is 33.6 Å². The Balaban J connectivity index is 2.10. The molecule has 2 aliphatic heterocycles. The molecule has 4 nitrogen and oxygen atoms in total. The number of amides is 1. The Morgan fingerprint density at radius 1 is 1.37 bits per heavy atom. The maximum Gasteiger partial charge on any atom is 0.254 e. The number of hydrogen-bond acceptors (Lipinski definition) is 3. The zero-order valence-electron chi connectivity index (χ0n) is 11.7. The summed E-state index contributed by atoms with van der Waals surface area (Å²) in [6.07, 6.45) is -0.0528. The zero-order valence-corrected chi connectivity index (χ0v) is 11.7. The molecule has 0 radical (unpaired) electrons. The molecule has 0 saturated carbocycles. The Morgan fingerprint density at radius 2 is 2.05 bits per heavy atom. The lowest BCUT2D eigenvalue weighted by Crippen LogP contribution is -2.61. The number of hydrogen-bond donors (Lipinski definition) is 0. The van der Waals surface area contributed by atoms with Gasteiger partial charge in [-0.1, -0.05) is 0 Å².